The number of ether oxygens (including phenoxy) is 1. The van der Waals surface area contributed by atoms with Gasteiger partial charge in [0.2, 0.25) is 11.7 Å². The zero-order chi connectivity index (χ0) is 22.0. The summed E-state index contributed by atoms with van der Waals surface area (Å²) in [6.45, 7) is 4.66. The van der Waals surface area contributed by atoms with Gasteiger partial charge in [0.15, 0.2) is 6.10 Å². The van der Waals surface area contributed by atoms with Gasteiger partial charge in [0.25, 0.3) is 5.56 Å². The summed E-state index contributed by atoms with van der Waals surface area (Å²) >= 11 is 6.01. The first-order valence-corrected chi connectivity index (χ1v) is 9.48. The Morgan fingerprint density at radius 1 is 1.37 bits per heavy atom. The molecular weight excluding hydrogens is 408 g/mol. The fourth-order valence-corrected chi connectivity index (χ4v) is 3.22. The van der Waals surface area contributed by atoms with Gasteiger partial charge in [-0.25, -0.2) is 0 Å². The zero-order valence-corrected chi connectivity index (χ0v) is 17.4. The van der Waals surface area contributed by atoms with E-state index in [9.17, 15) is 20.0 Å². The van der Waals surface area contributed by atoms with E-state index >= 15 is 0 Å². The van der Waals surface area contributed by atoms with Crippen molar-refractivity contribution >= 4 is 17.4 Å². The molecule has 154 valence electrons. The number of aromatic nitrogens is 1. The first kappa shape index (κ1) is 21.2. The highest BCUT2D eigenvalue weighted by Crippen LogP contribution is 2.27. The molecule has 0 saturated heterocycles. The van der Waals surface area contributed by atoms with Gasteiger partial charge in [0.1, 0.15) is 23.1 Å². The maximum Gasteiger partial charge on any atom is 0.271 e. The molecule has 0 spiro atoms. The Hall–Kier alpha value is -3.50. The van der Waals surface area contributed by atoms with Crippen molar-refractivity contribution in [2.45, 2.75) is 33.4 Å². The van der Waals surface area contributed by atoms with Crippen LogP contribution < -0.4 is 10.3 Å². The lowest BCUT2D eigenvalue weighted by Gasteiger charge is -2.19. The van der Waals surface area contributed by atoms with Gasteiger partial charge >= 0.3 is 0 Å². The number of halogens is 1. The van der Waals surface area contributed by atoms with Gasteiger partial charge in [0.05, 0.1) is 18.4 Å². The lowest BCUT2D eigenvalue weighted by molar-refractivity contribution is 0.0812. The second-order valence-electron chi connectivity index (χ2n) is 6.82. The van der Waals surface area contributed by atoms with E-state index in [0.717, 1.165) is 10.1 Å². The third-order valence-electron chi connectivity index (χ3n) is 4.75. The number of furan rings is 1. The van der Waals surface area contributed by atoms with E-state index < -0.39 is 23.3 Å². The fourth-order valence-electron chi connectivity index (χ4n) is 3.10. The Morgan fingerprint density at radius 3 is 2.70 bits per heavy atom. The number of benzene rings is 1. The molecule has 1 atom stereocenters. The topological polar surface area (TPSA) is 105 Å². The molecular formula is C22H19ClN2O5. The Morgan fingerprint density at radius 2 is 2.10 bits per heavy atom. The number of aromatic hydroxyl groups is 1. The summed E-state index contributed by atoms with van der Waals surface area (Å²) in [4.78, 5) is 25.8. The number of rotatable bonds is 6. The number of pyridine rings is 1. The van der Waals surface area contributed by atoms with Gasteiger partial charge < -0.3 is 14.3 Å². The third kappa shape index (κ3) is 3.95. The Kier molecular flexibility index (Phi) is 5.99. The summed E-state index contributed by atoms with van der Waals surface area (Å²) in [6, 6.07) is 10.1. The second-order valence-corrected chi connectivity index (χ2v) is 7.22. The van der Waals surface area contributed by atoms with Crippen LogP contribution in [0.15, 0.2) is 45.8 Å². The number of Topliss-reactive ketones (excluding diaryl/α,β-unsaturated/α-hetero) is 1. The molecule has 0 amide bonds. The number of carbonyl (C=O) groups excluding carboxylic acids is 1. The summed E-state index contributed by atoms with van der Waals surface area (Å²) < 4.78 is 11.9. The van der Waals surface area contributed by atoms with E-state index in [1.807, 2.05) is 6.07 Å². The number of hydrogen-bond acceptors (Lipinski definition) is 6. The second kappa shape index (κ2) is 8.47. The summed E-state index contributed by atoms with van der Waals surface area (Å²) in [5.41, 5.74) is -0.189. The van der Waals surface area contributed by atoms with E-state index in [2.05, 4.69) is 0 Å². The molecule has 8 heteroatoms. The number of nitrogens with zero attached hydrogens (tertiary/aromatic N) is 2. The van der Waals surface area contributed by atoms with E-state index in [0.29, 0.717) is 16.5 Å². The maximum atomic E-state index is 13.1. The Bertz CT molecular complexity index is 1210. The van der Waals surface area contributed by atoms with Gasteiger partial charge in [-0.2, -0.15) is 5.26 Å². The normalized spacial score (nSPS) is 11.7. The summed E-state index contributed by atoms with van der Waals surface area (Å²) in [7, 11) is 0. The van der Waals surface area contributed by atoms with Gasteiger partial charge in [-0.15, -0.1) is 0 Å². The number of aryl methyl sites for hydroxylation is 1. The largest absolute Gasteiger partial charge is 0.494 e. The highest BCUT2D eigenvalue weighted by Gasteiger charge is 2.28. The maximum absolute atomic E-state index is 13.1. The molecule has 0 aliphatic rings. The van der Waals surface area contributed by atoms with Crippen molar-refractivity contribution in [3.8, 4) is 17.7 Å². The van der Waals surface area contributed by atoms with E-state index in [-0.39, 0.29) is 23.2 Å². The standard InChI is InChI=1S/C22H19ClN2O5/c1-12-9-15(6-7-18(12)23)30-14(3)20(26)19-13(2)17(10-24)21(27)25(22(19)28)11-16-5-4-8-29-16/h4-9,14,28H,11H2,1-3H3. The molecule has 7 nitrogen and oxygen atoms in total. The lowest BCUT2D eigenvalue weighted by Crippen LogP contribution is -2.31. The van der Waals surface area contributed by atoms with Crippen LogP contribution >= 0.6 is 11.6 Å². The van der Waals surface area contributed by atoms with E-state index in [4.69, 9.17) is 20.8 Å². The summed E-state index contributed by atoms with van der Waals surface area (Å²) in [5, 5.41) is 20.8. The number of nitriles is 1. The third-order valence-corrected chi connectivity index (χ3v) is 5.18. The minimum absolute atomic E-state index is 0.100. The molecule has 3 aromatic rings. The molecule has 1 unspecified atom stereocenters. The molecule has 2 aromatic heterocycles. The molecule has 1 N–H and O–H groups in total. The first-order chi connectivity index (χ1) is 14.2. The van der Waals surface area contributed by atoms with Crippen LogP contribution in [0.1, 0.15) is 39.7 Å². The minimum atomic E-state index is -0.990. The van der Waals surface area contributed by atoms with Crippen LogP contribution in [0, 0.1) is 25.2 Å². The highest BCUT2D eigenvalue weighted by atomic mass is 35.5. The molecule has 0 aliphatic carbocycles. The van der Waals surface area contributed by atoms with Crippen molar-refractivity contribution in [1.29, 1.82) is 5.26 Å². The molecule has 0 fully saturated rings. The van der Waals surface area contributed by atoms with Crippen molar-refractivity contribution in [2.75, 3.05) is 0 Å². The predicted octanol–water partition coefficient (Wildman–Crippen LogP) is 3.99. The van der Waals surface area contributed by atoms with Crippen molar-refractivity contribution in [2.24, 2.45) is 0 Å². The summed E-state index contributed by atoms with van der Waals surface area (Å²) in [6.07, 6.45) is 0.434. The molecule has 2 heterocycles. The van der Waals surface area contributed by atoms with Gasteiger partial charge in [-0.1, -0.05) is 11.6 Å². The first-order valence-electron chi connectivity index (χ1n) is 9.10. The fraction of sp³-hybridized carbons (Fsp3) is 0.227. The van der Waals surface area contributed by atoms with Crippen molar-refractivity contribution in [1.82, 2.24) is 4.57 Å². The average molecular weight is 427 g/mol. The van der Waals surface area contributed by atoms with E-state index in [1.54, 1.807) is 37.3 Å². The molecule has 0 aliphatic heterocycles. The number of hydrogen-bond donors (Lipinski definition) is 1. The molecule has 0 saturated carbocycles. The quantitative estimate of drug-likeness (QED) is 0.597. The zero-order valence-electron chi connectivity index (χ0n) is 16.6. The molecule has 30 heavy (non-hydrogen) atoms. The molecule has 3 rings (SSSR count). The van der Waals surface area contributed by atoms with Crippen LogP contribution in [0.25, 0.3) is 0 Å². The van der Waals surface area contributed by atoms with Crippen molar-refractivity contribution in [3.05, 3.63) is 80.0 Å². The van der Waals surface area contributed by atoms with Crippen LogP contribution in [0.5, 0.6) is 11.6 Å². The average Bonchev–Trinajstić information content (AvgIpc) is 3.21. The Balaban J connectivity index is 2.03. The lowest BCUT2D eigenvalue weighted by atomic mass is 9.99. The smallest absolute Gasteiger partial charge is 0.271 e. The Labute approximate surface area is 177 Å². The monoisotopic (exact) mass is 426 g/mol. The van der Waals surface area contributed by atoms with Gasteiger partial charge in [-0.05, 0) is 62.2 Å². The van der Waals surface area contributed by atoms with Crippen molar-refractivity contribution < 1.29 is 19.1 Å². The minimum Gasteiger partial charge on any atom is -0.494 e. The van der Waals surface area contributed by atoms with Gasteiger partial charge in [-0.3, -0.25) is 14.2 Å². The summed E-state index contributed by atoms with van der Waals surface area (Å²) in [5.74, 6) is -0.290. The van der Waals surface area contributed by atoms with Crippen molar-refractivity contribution in [3.63, 3.8) is 0 Å². The van der Waals surface area contributed by atoms with E-state index in [1.165, 1.54) is 20.1 Å². The van der Waals surface area contributed by atoms with Crippen LogP contribution in [0.4, 0.5) is 0 Å². The van der Waals surface area contributed by atoms with Gasteiger partial charge in [0, 0.05) is 5.02 Å². The molecule has 0 radical (unpaired) electrons. The predicted molar refractivity (Wildman–Crippen MR) is 110 cm³/mol. The molecule has 0 bridgehead atoms. The highest BCUT2D eigenvalue weighted by molar-refractivity contribution is 6.31. The van der Waals surface area contributed by atoms with Crippen LogP contribution in [0.3, 0.4) is 0 Å². The number of ketones is 1. The number of carbonyl (C=O) groups is 1. The SMILES string of the molecule is Cc1cc(OC(C)C(=O)c2c(C)c(C#N)c(=O)n(Cc3ccco3)c2O)ccc1Cl. The van der Waals surface area contributed by atoms with Crippen LogP contribution in [0.2, 0.25) is 5.02 Å². The van der Waals surface area contributed by atoms with Crippen LogP contribution in [-0.4, -0.2) is 21.6 Å². The molecule has 1 aromatic carbocycles. The van der Waals surface area contributed by atoms with Crippen LogP contribution in [-0.2, 0) is 6.54 Å².